The van der Waals surface area contributed by atoms with Crippen molar-refractivity contribution in [3.05, 3.63) is 48.3 Å². The van der Waals surface area contributed by atoms with Gasteiger partial charge in [0.2, 0.25) is 11.8 Å². The molecule has 1 saturated carbocycles. The van der Waals surface area contributed by atoms with Gasteiger partial charge in [0.25, 0.3) is 0 Å². The van der Waals surface area contributed by atoms with Crippen LogP contribution in [0.2, 0.25) is 0 Å². The molecule has 6 N–H and O–H groups in total. The number of aliphatic imine (C=N–C) groups is 1. The maximum atomic E-state index is 12.9. The molecule has 5 rings (SSSR count). The Labute approximate surface area is 222 Å². The number of nitrogens with two attached hydrogens (primary N) is 2. The van der Waals surface area contributed by atoms with E-state index in [0.717, 1.165) is 66.4 Å². The molecule has 1 aromatic carbocycles. The molecule has 38 heavy (non-hydrogen) atoms. The molecule has 2 fully saturated rings. The third-order valence-corrected chi connectivity index (χ3v) is 7.84. The zero-order valence-corrected chi connectivity index (χ0v) is 21.6. The molecule has 3 heterocycles. The van der Waals surface area contributed by atoms with E-state index in [1.807, 2.05) is 35.4 Å². The number of fused-ring (bicyclic) bond motifs is 1. The van der Waals surface area contributed by atoms with E-state index in [1.165, 1.54) is 6.42 Å². The first-order chi connectivity index (χ1) is 18.5. The van der Waals surface area contributed by atoms with Gasteiger partial charge in [-0.2, -0.15) is 5.10 Å². The van der Waals surface area contributed by atoms with E-state index >= 15 is 0 Å². The molecule has 0 unspecified atom stereocenters. The summed E-state index contributed by atoms with van der Waals surface area (Å²) in [5.74, 6) is -0.0525. The summed E-state index contributed by atoms with van der Waals surface area (Å²) in [6.07, 6.45) is 8.65. The largest absolute Gasteiger partial charge is 0.370 e. The van der Waals surface area contributed by atoms with Crippen LogP contribution >= 0.6 is 0 Å². The highest BCUT2D eigenvalue weighted by Crippen LogP contribution is 2.30. The molecule has 1 atom stereocenters. The van der Waals surface area contributed by atoms with Crippen molar-refractivity contribution >= 4 is 28.7 Å². The molecule has 10 heteroatoms. The lowest BCUT2D eigenvalue weighted by molar-refractivity contribution is -0.134. The van der Waals surface area contributed by atoms with E-state index < -0.39 is 6.04 Å². The Morgan fingerprint density at radius 3 is 2.61 bits per heavy atom. The van der Waals surface area contributed by atoms with Gasteiger partial charge >= 0.3 is 0 Å². The normalized spacial score (nSPS) is 17.7. The summed E-state index contributed by atoms with van der Waals surface area (Å²) in [6, 6.07) is 11.6. The third kappa shape index (κ3) is 5.95. The Balaban J connectivity index is 1.13. The Kier molecular flexibility index (Phi) is 7.86. The van der Waals surface area contributed by atoms with Crippen molar-refractivity contribution in [3.8, 4) is 11.3 Å². The predicted octanol–water partition coefficient (Wildman–Crippen LogP) is 2.67. The van der Waals surface area contributed by atoms with Crippen molar-refractivity contribution in [2.75, 3.05) is 19.6 Å². The minimum Gasteiger partial charge on any atom is -0.370 e. The number of rotatable bonds is 7. The molecule has 1 aliphatic heterocycles. The molecule has 2 aromatic heterocycles. The highest BCUT2D eigenvalue weighted by atomic mass is 16.2. The lowest BCUT2D eigenvalue weighted by Crippen LogP contribution is -2.47. The third-order valence-electron chi connectivity index (χ3n) is 7.84. The van der Waals surface area contributed by atoms with Gasteiger partial charge in [-0.05, 0) is 49.8 Å². The number of carbonyl (C=O) groups excluding carboxylic acids is 2. The standard InChI is InChI=1S/C28H36N8O2/c29-28(30)33-26(19-6-2-1-3-7-19)27(38)32-17-25(37)36-12-10-18(11-13-36)23-15-24(35-34-23)21-14-20-8-4-5-9-22(20)31-16-21/h4-5,8-9,14-16,18-19,26H,1-3,6-7,10-13,17H2,(H,32,38)(H,34,35)(H4,29,30,33)/t26-/m1/s1. The van der Waals surface area contributed by atoms with Crippen molar-refractivity contribution in [1.82, 2.24) is 25.4 Å². The number of aromatic nitrogens is 3. The Morgan fingerprint density at radius 1 is 1.08 bits per heavy atom. The van der Waals surface area contributed by atoms with Gasteiger partial charge in [0.05, 0.1) is 17.8 Å². The fraction of sp³-hybridized carbons (Fsp3) is 0.464. The van der Waals surface area contributed by atoms with Crippen LogP contribution in [0.15, 0.2) is 47.6 Å². The topological polar surface area (TPSA) is 155 Å². The second kappa shape index (κ2) is 11.6. The van der Waals surface area contributed by atoms with Gasteiger partial charge in [-0.15, -0.1) is 0 Å². The van der Waals surface area contributed by atoms with E-state index in [2.05, 4.69) is 37.6 Å². The first kappa shape index (κ1) is 25.7. The number of hydrogen-bond donors (Lipinski definition) is 4. The smallest absolute Gasteiger partial charge is 0.245 e. The number of guanidine groups is 1. The molecular formula is C28H36N8O2. The predicted molar refractivity (Wildman–Crippen MR) is 147 cm³/mol. The zero-order valence-electron chi connectivity index (χ0n) is 21.6. The SMILES string of the molecule is NC(N)=N[C@@H](C(=O)NCC(=O)N1CCC(c2cc(-c3cnc4ccccc4c3)n[nH]2)CC1)C1CCCCC1. The minimum atomic E-state index is -0.633. The number of carbonyl (C=O) groups is 2. The van der Waals surface area contributed by atoms with Crippen molar-refractivity contribution < 1.29 is 9.59 Å². The van der Waals surface area contributed by atoms with Crippen molar-refractivity contribution in [1.29, 1.82) is 0 Å². The summed E-state index contributed by atoms with van der Waals surface area (Å²) in [6.45, 7) is 1.21. The summed E-state index contributed by atoms with van der Waals surface area (Å²) in [4.78, 5) is 36.3. The van der Waals surface area contributed by atoms with Crippen molar-refractivity contribution in [2.45, 2.75) is 56.9 Å². The first-order valence-corrected chi connectivity index (χ1v) is 13.5. The van der Waals surface area contributed by atoms with Crippen molar-refractivity contribution in [2.24, 2.45) is 22.4 Å². The molecule has 2 aliphatic rings. The second-order valence-electron chi connectivity index (χ2n) is 10.4. The van der Waals surface area contributed by atoms with Crippen LogP contribution in [0.3, 0.4) is 0 Å². The maximum Gasteiger partial charge on any atom is 0.245 e. The summed E-state index contributed by atoms with van der Waals surface area (Å²) in [7, 11) is 0. The number of piperidine rings is 1. The number of aromatic amines is 1. The fourth-order valence-electron chi connectivity index (χ4n) is 5.71. The molecule has 1 saturated heterocycles. The maximum absolute atomic E-state index is 12.9. The summed E-state index contributed by atoms with van der Waals surface area (Å²) < 4.78 is 0. The van der Waals surface area contributed by atoms with Crippen LogP contribution in [0.25, 0.3) is 22.2 Å². The summed E-state index contributed by atoms with van der Waals surface area (Å²) in [5, 5.41) is 11.6. The number of nitrogens with one attached hydrogen (secondary N) is 2. The first-order valence-electron chi connectivity index (χ1n) is 13.5. The van der Waals surface area contributed by atoms with E-state index in [9.17, 15) is 9.59 Å². The van der Waals surface area contributed by atoms with Crippen LogP contribution in [-0.2, 0) is 9.59 Å². The van der Waals surface area contributed by atoms with Gasteiger partial charge in [-0.25, -0.2) is 4.99 Å². The molecule has 2 amide bonds. The average molecular weight is 517 g/mol. The van der Waals surface area contributed by atoms with Gasteiger partial charge in [0.1, 0.15) is 6.04 Å². The van der Waals surface area contributed by atoms with Gasteiger partial charge in [0, 0.05) is 41.8 Å². The lowest BCUT2D eigenvalue weighted by atomic mass is 9.83. The number of nitrogens with zero attached hydrogens (tertiary/aromatic N) is 4. The number of amides is 2. The number of benzene rings is 1. The molecule has 0 bridgehead atoms. The molecule has 10 nitrogen and oxygen atoms in total. The highest BCUT2D eigenvalue weighted by molar-refractivity contribution is 5.90. The van der Waals surface area contributed by atoms with Gasteiger partial charge in [-0.1, -0.05) is 37.5 Å². The van der Waals surface area contributed by atoms with E-state index in [-0.39, 0.29) is 30.2 Å². The van der Waals surface area contributed by atoms with Crippen molar-refractivity contribution in [3.63, 3.8) is 0 Å². The molecular weight excluding hydrogens is 480 g/mol. The summed E-state index contributed by atoms with van der Waals surface area (Å²) >= 11 is 0. The monoisotopic (exact) mass is 516 g/mol. The Hall–Kier alpha value is -3.95. The van der Waals surface area contributed by atoms with Crippen LogP contribution in [0, 0.1) is 5.92 Å². The quantitative estimate of drug-likeness (QED) is 0.279. The fourth-order valence-corrected chi connectivity index (χ4v) is 5.71. The molecule has 0 radical (unpaired) electrons. The number of pyridine rings is 1. The highest BCUT2D eigenvalue weighted by Gasteiger charge is 2.31. The summed E-state index contributed by atoms with van der Waals surface area (Å²) in [5.41, 5.74) is 15.1. The van der Waals surface area contributed by atoms with Crippen LogP contribution in [0.1, 0.15) is 56.6 Å². The number of hydrogen-bond acceptors (Lipinski definition) is 5. The molecule has 200 valence electrons. The molecule has 3 aromatic rings. The Bertz CT molecular complexity index is 1300. The Morgan fingerprint density at radius 2 is 1.84 bits per heavy atom. The number of likely N-dealkylation sites (tertiary alicyclic amines) is 1. The second-order valence-corrected chi connectivity index (χ2v) is 10.4. The van der Waals surface area contributed by atoms with E-state index in [4.69, 9.17) is 11.5 Å². The van der Waals surface area contributed by atoms with Gasteiger partial charge in [0.15, 0.2) is 5.96 Å². The van der Waals surface area contributed by atoms with E-state index in [1.54, 1.807) is 0 Å². The van der Waals surface area contributed by atoms with Gasteiger partial charge in [-0.3, -0.25) is 19.7 Å². The lowest BCUT2D eigenvalue weighted by Gasteiger charge is -2.32. The zero-order chi connectivity index (χ0) is 26.5. The van der Waals surface area contributed by atoms with E-state index in [0.29, 0.717) is 19.0 Å². The molecule has 1 aliphatic carbocycles. The number of para-hydroxylation sites is 1. The van der Waals surface area contributed by atoms with Crippen LogP contribution < -0.4 is 16.8 Å². The average Bonchev–Trinajstić information content (AvgIpc) is 3.45. The number of H-pyrrole nitrogens is 1. The van der Waals surface area contributed by atoms with Gasteiger partial charge < -0.3 is 21.7 Å². The minimum absolute atomic E-state index is 0.0457. The van der Waals surface area contributed by atoms with Crippen LogP contribution in [0.4, 0.5) is 0 Å². The van der Waals surface area contributed by atoms with Crippen LogP contribution in [0.5, 0.6) is 0 Å². The molecule has 0 spiro atoms. The van der Waals surface area contributed by atoms with Crippen LogP contribution in [-0.4, -0.2) is 63.5 Å².